The van der Waals surface area contributed by atoms with Crippen LogP contribution in [-0.2, 0) is 0 Å². The van der Waals surface area contributed by atoms with Crippen LogP contribution in [0.5, 0.6) is 23.0 Å². The molecule has 0 aromatic heterocycles. The average molecular weight is 280 g/mol. The van der Waals surface area contributed by atoms with Gasteiger partial charge in [-0.15, -0.1) is 0 Å². The van der Waals surface area contributed by atoms with Crippen LogP contribution in [0, 0.1) is 0 Å². The zero-order chi connectivity index (χ0) is 15.5. The Labute approximate surface area is 114 Å². The fourth-order valence-corrected chi connectivity index (χ4v) is 0.905. The molecule has 0 fully saturated rings. The fourth-order valence-electron chi connectivity index (χ4n) is 0.905. The van der Waals surface area contributed by atoms with Crippen molar-refractivity contribution in [1.29, 1.82) is 0 Å². The third-order valence-electron chi connectivity index (χ3n) is 1.70. The molecule has 20 heavy (non-hydrogen) atoms. The zero-order valence-corrected chi connectivity index (χ0v) is 10.1. The number of carbonyl (C=O) groups excluding carboxylic acids is 1. The number of benzene rings is 2. The minimum atomic E-state index is -2.33. The van der Waals surface area contributed by atoms with Crippen LogP contribution in [0.15, 0.2) is 48.5 Å². The van der Waals surface area contributed by atoms with Gasteiger partial charge in [0.05, 0.1) is 0 Å². The molecular weight excluding hydrogens is 268 g/mol. The van der Waals surface area contributed by atoms with Crippen LogP contribution in [0.1, 0.15) is 0 Å². The Morgan fingerprint density at radius 1 is 0.600 bits per heavy atom. The van der Waals surface area contributed by atoms with Crippen LogP contribution in [0.3, 0.4) is 0 Å². The minimum absolute atomic E-state index is 0.169. The van der Waals surface area contributed by atoms with Crippen molar-refractivity contribution in [2.24, 2.45) is 0 Å². The molecule has 4 N–H and O–H groups in total. The molecule has 0 radical (unpaired) electrons. The fraction of sp³-hybridized carbons (Fsp3) is 0. The maximum absolute atomic E-state index is 8.65. The predicted octanol–water partition coefficient (Wildman–Crippen LogP) is -0.251. The van der Waals surface area contributed by atoms with E-state index in [9.17, 15) is 0 Å². The van der Waals surface area contributed by atoms with E-state index >= 15 is 0 Å². The normalized spacial score (nSPS) is 8.40. The number of phenolic OH excluding ortho intramolecular Hbond substituents is 4. The van der Waals surface area contributed by atoms with Gasteiger partial charge in [0.15, 0.2) is 0 Å². The first kappa shape index (κ1) is 16.9. The van der Waals surface area contributed by atoms with Gasteiger partial charge in [-0.05, 0) is 54.7 Å². The number of hydrogen-bond acceptors (Lipinski definition) is 7. The Kier molecular flexibility index (Phi) is 7.54. The molecule has 2 aromatic rings. The molecule has 2 rings (SSSR count). The lowest BCUT2D eigenvalue weighted by Crippen LogP contribution is -2.37. The molecule has 0 amide bonds. The molecule has 0 aliphatic heterocycles. The first-order chi connectivity index (χ1) is 9.31. The van der Waals surface area contributed by atoms with Gasteiger partial charge < -0.3 is 35.4 Å². The van der Waals surface area contributed by atoms with Gasteiger partial charge in [-0.25, -0.2) is 0 Å². The first-order valence-electron chi connectivity index (χ1n) is 5.15. The third kappa shape index (κ3) is 10.1. The zero-order valence-electron chi connectivity index (χ0n) is 10.1. The molecular formula is C13H12O7-2. The summed E-state index contributed by atoms with van der Waals surface area (Å²) < 4.78 is 0. The van der Waals surface area contributed by atoms with E-state index in [4.69, 9.17) is 35.4 Å². The van der Waals surface area contributed by atoms with E-state index in [-0.39, 0.29) is 23.0 Å². The van der Waals surface area contributed by atoms with Crippen molar-refractivity contribution < 1.29 is 35.4 Å². The number of aromatic hydroxyl groups is 4. The van der Waals surface area contributed by atoms with E-state index < -0.39 is 6.16 Å². The molecule has 2 aromatic carbocycles. The number of carbonyl (C=O) groups is 1. The van der Waals surface area contributed by atoms with E-state index in [0.29, 0.717) is 0 Å². The highest BCUT2D eigenvalue weighted by Gasteiger charge is 1.84. The highest BCUT2D eigenvalue weighted by molar-refractivity contribution is 5.47. The summed E-state index contributed by atoms with van der Waals surface area (Å²) in [5.41, 5.74) is 0. The molecule has 0 unspecified atom stereocenters. The van der Waals surface area contributed by atoms with Gasteiger partial charge in [-0.3, -0.25) is 0 Å². The monoisotopic (exact) mass is 280 g/mol. The maximum atomic E-state index is 8.65. The van der Waals surface area contributed by atoms with Crippen LogP contribution in [0.25, 0.3) is 0 Å². The lowest BCUT2D eigenvalue weighted by Gasteiger charge is -1.96. The standard InChI is InChI=1S/2C6H6O2.CH2O3/c2*7-5-1-2-6(8)4-3-5;2-1(3)4/h2*1-4,7-8H;(H2,2,3,4)/p-2. The molecule has 0 aliphatic carbocycles. The molecule has 7 heteroatoms. The number of carboxylic acid groups (broad SMARTS) is 2. The van der Waals surface area contributed by atoms with E-state index in [0.717, 1.165) is 0 Å². The summed E-state index contributed by atoms with van der Waals surface area (Å²) >= 11 is 0. The van der Waals surface area contributed by atoms with Crippen LogP contribution in [-0.4, -0.2) is 26.6 Å². The predicted molar refractivity (Wildman–Crippen MR) is 64.9 cm³/mol. The van der Waals surface area contributed by atoms with Gasteiger partial charge in [-0.1, -0.05) is 0 Å². The van der Waals surface area contributed by atoms with Crippen LogP contribution >= 0.6 is 0 Å². The van der Waals surface area contributed by atoms with E-state index in [1.165, 1.54) is 48.5 Å². The van der Waals surface area contributed by atoms with Crippen LogP contribution < -0.4 is 10.2 Å². The van der Waals surface area contributed by atoms with Crippen molar-refractivity contribution in [2.45, 2.75) is 0 Å². The van der Waals surface area contributed by atoms with Crippen molar-refractivity contribution in [1.82, 2.24) is 0 Å². The minimum Gasteiger partial charge on any atom is -0.652 e. The Balaban J connectivity index is 0.000000289. The quantitative estimate of drug-likeness (QED) is 0.487. The van der Waals surface area contributed by atoms with Gasteiger partial charge >= 0.3 is 0 Å². The van der Waals surface area contributed by atoms with Crippen molar-refractivity contribution >= 4 is 6.16 Å². The van der Waals surface area contributed by atoms with Gasteiger partial charge in [0.1, 0.15) is 23.0 Å². The van der Waals surface area contributed by atoms with Crippen LogP contribution in [0.4, 0.5) is 4.79 Å². The molecule has 7 nitrogen and oxygen atoms in total. The Morgan fingerprint density at radius 2 is 0.700 bits per heavy atom. The Hall–Kier alpha value is -3.09. The van der Waals surface area contributed by atoms with E-state index in [1.807, 2.05) is 0 Å². The third-order valence-corrected chi connectivity index (χ3v) is 1.70. The largest absolute Gasteiger partial charge is 0.652 e. The van der Waals surface area contributed by atoms with Gasteiger partial charge in [0.2, 0.25) is 0 Å². The summed E-state index contributed by atoms with van der Waals surface area (Å²) in [4.78, 5) is 8.33. The Morgan fingerprint density at radius 3 is 0.800 bits per heavy atom. The summed E-state index contributed by atoms with van der Waals surface area (Å²) in [7, 11) is 0. The average Bonchev–Trinajstić information content (AvgIpc) is 2.37. The molecule has 0 spiro atoms. The summed E-state index contributed by atoms with van der Waals surface area (Å²) in [5.74, 6) is 0.677. The lowest BCUT2D eigenvalue weighted by atomic mass is 10.3. The highest BCUT2D eigenvalue weighted by Crippen LogP contribution is 2.13. The summed E-state index contributed by atoms with van der Waals surface area (Å²) in [6, 6.07) is 11.4. The van der Waals surface area contributed by atoms with Crippen molar-refractivity contribution in [3.05, 3.63) is 48.5 Å². The molecule has 0 saturated heterocycles. The van der Waals surface area contributed by atoms with Gasteiger partial charge in [-0.2, -0.15) is 0 Å². The second-order valence-corrected chi connectivity index (χ2v) is 3.28. The summed E-state index contributed by atoms with van der Waals surface area (Å²) in [5, 5.41) is 51.2. The molecule has 0 saturated carbocycles. The lowest BCUT2D eigenvalue weighted by molar-refractivity contribution is -0.415. The number of hydrogen-bond donors (Lipinski definition) is 4. The molecule has 0 atom stereocenters. The van der Waals surface area contributed by atoms with E-state index in [2.05, 4.69) is 0 Å². The second-order valence-electron chi connectivity index (χ2n) is 3.28. The van der Waals surface area contributed by atoms with Crippen molar-refractivity contribution in [3.8, 4) is 23.0 Å². The van der Waals surface area contributed by atoms with Gasteiger partial charge in [0, 0.05) is 0 Å². The first-order valence-corrected chi connectivity index (χ1v) is 5.15. The van der Waals surface area contributed by atoms with E-state index in [1.54, 1.807) is 0 Å². The topological polar surface area (TPSA) is 144 Å². The maximum Gasteiger partial charge on any atom is 0.115 e. The van der Waals surface area contributed by atoms with Crippen molar-refractivity contribution in [3.63, 3.8) is 0 Å². The number of phenols is 4. The van der Waals surface area contributed by atoms with Crippen molar-refractivity contribution in [2.75, 3.05) is 0 Å². The second kappa shape index (κ2) is 8.92. The van der Waals surface area contributed by atoms with Gasteiger partial charge in [0.25, 0.3) is 0 Å². The Bertz CT molecular complexity index is 416. The number of rotatable bonds is 0. The molecule has 0 bridgehead atoms. The summed E-state index contributed by atoms with van der Waals surface area (Å²) in [6.45, 7) is 0. The van der Waals surface area contributed by atoms with Crippen LogP contribution in [0.2, 0.25) is 0 Å². The molecule has 0 aliphatic rings. The smallest absolute Gasteiger partial charge is 0.115 e. The molecule has 108 valence electrons. The summed E-state index contributed by atoms with van der Waals surface area (Å²) in [6.07, 6.45) is -2.33. The molecule has 0 heterocycles. The highest BCUT2D eigenvalue weighted by atomic mass is 16.6. The SMILES string of the molecule is O=C([O-])[O-].Oc1ccc(O)cc1.Oc1ccc(O)cc1.